The smallest absolute Gasteiger partial charge is 0.340 e. The first-order chi connectivity index (χ1) is 6.07. The lowest BCUT2D eigenvalue weighted by atomic mass is 10.2. The van der Waals surface area contributed by atoms with E-state index in [9.17, 15) is 4.79 Å². The maximum absolute atomic E-state index is 11.3. The highest BCUT2D eigenvalue weighted by molar-refractivity contribution is 14.1. The number of methoxy groups -OCH3 is 1. The van der Waals surface area contributed by atoms with Crippen LogP contribution < -0.4 is 0 Å². The number of benzene rings is 1. The molecule has 1 aromatic carbocycles. The molecule has 0 spiro atoms. The average Bonchev–Trinajstić information content (AvgIpc) is 2.12. The zero-order valence-electron chi connectivity index (χ0n) is 6.61. The lowest BCUT2D eigenvalue weighted by Gasteiger charge is -2.05. The molecule has 0 aliphatic carbocycles. The summed E-state index contributed by atoms with van der Waals surface area (Å²) >= 11 is 11.1. The third-order valence-electron chi connectivity index (χ3n) is 1.43. The number of halogens is 3. The molecule has 5 heteroatoms. The summed E-state index contributed by atoms with van der Waals surface area (Å²) < 4.78 is 6.00. The molecule has 0 aliphatic heterocycles. The first-order valence-corrected chi connectivity index (χ1v) is 5.54. The molecule has 1 aromatic rings. The summed E-state index contributed by atoms with van der Waals surface area (Å²) in [4.78, 5) is 11.3. The van der Waals surface area contributed by atoms with Crippen LogP contribution in [0.4, 0.5) is 0 Å². The summed E-state index contributed by atoms with van der Waals surface area (Å²) in [6, 6.07) is 3.49. The minimum absolute atomic E-state index is 0.390. The van der Waals surface area contributed by atoms with E-state index in [1.807, 2.05) is 0 Å². The molecule has 0 atom stereocenters. The van der Waals surface area contributed by atoms with E-state index in [0.29, 0.717) is 15.1 Å². The van der Waals surface area contributed by atoms with Gasteiger partial charge in [0.05, 0.1) is 22.2 Å². The van der Waals surface area contributed by atoms with Crippen molar-refractivity contribution in [3.63, 3.8) is 0 Å². The topological polar surface area (TPSA) is 26.3 Å². The number of hydrogen-bond donors (Lipinski definition) is 0. The van der Waals surface area contributed by atoms with Crippen LogP contribution in [-0.4, -0.2) is 13.1 Å². The monoisotopic (exact) mass is 374 g/mol. The SMILES string of the molecule is COC(=O)c1c(I)ccc(Cl)c1Br. The number of carbonyl (C=O) groups is 1. The zero-order valence-corrected chi connectivity index (χ0v) is 11.1. The second-order valence-corrected chi connectivity index (χ2v) is 4.57. The molecule has 0 saturated carbocycles. The fourth-order valence-electron chi connectivity index (χ4n) is 0.816. The summed E-state index contributed by atoms with van der Waals surface area (Å²) in [6.07, 6.45) is 0. The lowest BCUT2D eigenvalue weighted by Crippen LogP contribution is -2.05. The van der Waals surface area contributed by atoms with Crippen LogP contribution in [-0.2, 0) is 4.74 Å². The first kappa shape index (κ1) is 11.3. The zero-order chi connectivity index (χ0) is 10.0. The Morgan fingerprint density at radius 2 is 2.23 bits per heavy atom. The summed E-state index contributed by atoms with van der Waals surface area (Å²) in [7, 11) is 1.34. The van der Waals surface area contributed by atoms with Crippen LogP contribution in [0.5, 0.6) is 0 Å². The number of esters is 1. The second-order valence-electron chi connectivity index (χ2n) is 2.21. The fourth-order valence-corrected chi connectivity index (χ4v) is 2.52. The molecule has 1 rings (SSSR count). The second kappa shape index (κ2) is 4.61. The van der Waals surface area contributed by atoms with Gasteiger partial charge in [-0.2, -0.15) is 0 Å². The van der Waals surface area contributed by atoms with E-state index < -0.39 is 5.97 Å². The van der Waals surface area contributed by atoms with Gasteiger partial charge in [0.15, 0.2) is 0 Å². The van der Waals surface area contributed by atoms with Gasteiger partial charge < -0.3 is 4.74 Å². The van der Waals surface area contributed by atoms with Crippen LogP contribution in [0.1, 0.15) is 10.4 Å². The van der Waals surface area contributed by atoms with Crippen molar-refractivity contribution in [3.8, 4) is 0 Å². The van der Waals surface area contributed by atoms with Gasteiger partial charge >= 0.3 is 5.97 Å². The van der Waals surface area contributed by atoms with Crippen LogP contribution in [0.2, 0.25) is 5.02 Å². The van der Waals surface area contributed by atoms with Gasteiger partial charge in [-0.25, -0.2) is 4.79 Å². The number of hydrogen-bond acceptors (Lipinski definition) is 2. The normalized spacial score (nSPS) is 9.85. The number of rotatable bonds is 1. The molecule has 0 saturated heterocycles. The number of ether oxygens (including phenoxy) is 1. The number of carbonyl (C=O) groups excluding carboxylic acids is 1. The van der Waals surface area contributed by atoms with E-state index in [1.54, 1.807) is 12.1 Å². The van der Waals surface area contributed by atoms with Gasteiger partial charge in [-0.15, -0.1) is 0 Å². The molecule has 0 aliphatic rings. The summed E-state index contributed by atoms with van der Waals surface area (Å²) in [6.45, 7) is 0. The van der Waals surface area contributed by atoms with Crippen molar-refractivity contribution in [2.75, 3.05) is 7.11 Å². The van der Waals surface area contributed by atoms with Crippen molar-refractivity contribution in [2.45, 2.75) is 0 Å². The molecule has 0 bridgehead atoms. The van der Waals surface area contributed by atoms with Gasteiger partial charge in [0.2, 0.25) is 0 Å². The third-order valence-corrected chi connectivity index (χ3v) is 3.70. The van der Waals surface area contributed by atoms with Gasteiger partial charge in [-0.1, -0.05) is 11.6 Å². The van der Waals surface area contributed by atoms with Gasteiger partial charge in [0, 0.05) is 3.57 Å². The predicted octanol–water partition coefficient (Wildman–Crippen LogP) is 3.49. The van der Waals surface area contributed by atoms with E-state index in [-0.39, 0.29) is 0 Å². The molecule has 0 fully saturated rings. The highest BCUT2D eigenvalue weighted by Gasteiger charge is 2.16. The highest BCUT2D eigenvalue weighted by Crippen LogP contribution is 2.30. The molecule has 0 N–H and O–H groups in total. The van der Waals surface area contributed by atoms with Crippen LogP contribution >= 0.6 is 50.1 Å². The van der Waals surface area contributed by atoms with Crippen LogP contribution in [0, 0.1) is 3.57 Å². The van der Waals surface area contributed by atoms with E-state index >= 15 is 0 Å². The van der Waals surface area contributed by atoms with Crippen LogP contribution in [0.15, 0.2) is 16.6 Å². The third kappa shape index (κ3) is 2.35. The molecule has 0 heterocycles. The summed E-state index contributed by atoms with van der Waals surface area (Å²) in [5, 5.41) is 0.501. The molecule has 0 unspecified atom stereocenters. The van der Waals surface area contributed by atoms with Gasteiger partial charge in [-0.05, 0) is 50.7 Å². The Hall–Kier alpha value is 0.190. The molecular formula is C8H5BrClIO2. The molecule has 70 valence electrons. The van der Waals surface area contributed by atoms with E-state index in [1.165, 1.54) is 7.11 Å². The standard InChI is InChI=1S/C8H5BrClIO2/c1-13-8(12)6-5(11)3-2-4(10)7(6)9/h2-3H,1H3. The van der Waals surface area contributed by atoms with Gasteiger partial charge in [0.1, 0.15) is 0 Å². The Labute approximate surface area is 103 Å². The van der Waals surface area contributed by atoms with Crippen molar-refractivity contribution in [1.29, 1.82) is 0 Å². The minimum Gasteiger partial charge on any atom is -0.465 e. The van der Waals surface area contributed by atoms with Crippen molar-refractivity contribution in [3.05, 3.63) is 30.8 Å². The van der Waals surface area contributed by atoms with Crippen LogP contribution in [0.3, 0.4) is 0 Å². The Bertz CT molecular complexity index is 354. The molecular weight excluding hydrogens is 370 g/mol. The summed E-state index contributed by atoms with van der Waals surface area (Å²) in [5.41, 5.74) is 0.468. The Morgan fingerprint density at radius 1 is 1.62 bits per heavy atom. The molecule has 0 aromatic heterocycles. The quantitative estimate of drug-likeness (QED) is 0.427. The van der Waals surface area contributed by atoms with Crippen molar-refractivity contribution in [1.82, 2.24) is 0 Å². The van der Waals surface area contributed by atoms with Gasteiger partial charge in [-0.3, -0.25) is 0 Å². The molecule has 0 radical (unpaired) electrons. The van der Waals surface area contributed by atoms with Crippen molar-refractivity contribution < 1.29 is 9.53 Å². The van der Waals surface area contributed by atoms with Gasteiger partial charge in [0.25, 0.3) is 0 Å². The van der Waals surface area contributed by atoms with Crippen molar-refractivity contribution >= 4 is 56.1 Å². The largest absolute Gasteiger partial charge is 0.465 e. The molecule has 0 amide bonds. The highest BCUT2D eigenvalue weighted by atomic mass is 127. The first-order valence-electron chi connectivity index (χ1n) is 3.29. The van der Waals surface area contributed by atoms with E-state index in [0.717, 1.165) is 3.57 Å². The van der Waals surface area contributed by atoms with E-state index in [2.05, 4.69) is 43.3 Å². The van der Waals surface area contributed by atoms with Crippen LogP contribution in [0.25, 0.3) is 0 Å². The Kier molecular flexibility index (Phi) is 4.00. The summed E-state index contributed by atoms with van der Waals surface area (Å²) in [5.74, 6) is -0.390. The van der Waals surface area contributed by atoms with Crippen molar-refractivity contribution in [2.24, 2.45) is 0 Å². The minimum atomic E-state index is -0.390. The van der Waals surface area contributed by atoms with E-state index in [4.69, 9.17) is 11.6 Å². The molecule has 13 heavy (non-hydrogen) atoms. The average molecular weight is 375 g/mol. The maximum Gasteiger partial charge on any atom is 0.340 e. The maximum atomic E-state index is 11.3. The fraction of sp³-hybridized carbons (Fsp3) is 0.125. The lowest BCUT2D eigenvalue weighted by molar-refractivity contribution is 0.0598. The Balaban J connectivity index is 3.33. The predicted molar refractivity (Wildman–Crippen MR) is 63.2 cm³/mol. The Morgan fingerprint density at radius 3 is 2.77 bits per heavy atom. The molecule has 2 nitrogen and oxygen atoms in total.